The maximum absolute atomic E-state index is 2.62. The molecule has 0 radical (unpaired) electrons. The first-order valence-electron chi connectivity index (χ1n) is 6.37. The third-order valence-electron chi connectivity index (χ3n) is 4.17. The molecular weight excluding hydrogens is 194 g/mol. The quantitative estimate of drug-likeness (QED) is 0.730. The van der Waals surface area contributed by atoms with E-state index in [9.17, 15) is 0 Å². The highest BCUT2D eigenvalue weighted by Gasteiger charge is 2.33. The van der Waals surface area contributed by atoms with Crippen LogP contribution < -0.4 is 0 Å². The topological polar surface area (TPSA) is 3.24 Å². The molecule has 88 valence electrons. The Bertz CT molecular complexity index is 329. The van der Waals surface area contributed by atoms with E-state index < -0.39 is 0 Å². The van der Waals surface area contributed by atoms with Gasteiger partial charge in [-0.2, -0.15) is 0 Å². The van der Waals surface area contributed by atoms with E-state index in [0.717, 1.165) is 6.54 Å². The Morgan fingerprint density at radius 2 is 1.94 bits per heavy atom. The fourth-order valence-electron chi connectivity index (χ4n) is 2.67. The normalized spacial score (nSPS) is 25.6. The van der Waals surface area contributed by atoms with Gasteiger partial charge in [0.2, 0.25) is 0 Å². The highest BCUT2D eigenvalue weighted by molar-refractivity contribution is 5.14. The first-order chi connectivity index (χ1) is 7.59. The number of piperidine rings is 1. The van der Waals surface area contributed by atoms with Crippen molar-refractivity contribution in [3.63, 3.8) is 0 Å². The van der Waals surface area contributed by atoms with Gasteiger partial charge < -0.3 is 0 Å². The van der Waals surface area contributed by atoms with Crippen molar-refractivity contribution < 1.29 is 0 Å². The first kappa shape index (κ1) is 11.7. The predicted octanol–water partition coefficient (Wildman–Crippen LogP) is 3.70. The molecule has 1 heteroatoms. The monoisotopic (exact) mass is 217 g/mol. The van der Waals surface area contributed by atoms with Gasteiger partial charge in [0.05, 0.1) is 0 Å². The number of likely N-dealkylation sites (tertiary alicyclic amines) is 1. The molecule has 16 heavy (non-hydrogen) atoms. The molecule has 0 saturated carbocycles. The van der Waals surface area contributed by atoms with Crippen LogP contribution in [0, 0.1) is 5.41 Å². The zero-order valence-corrected chi connectivity index (χ0v) is 10.7. The van der Waals surface area contributed by atoms with Gasteiger partial charge in [0.25, 0.3) is 0 Å². The average Bonchev–Trinajstić information content (AvgIpc) is 2.26. The third-order valence-corrected chi connectivity index (χ3v) is 4.17. The van der Waals surface area contributed by atoms with E-state index in [-0.39, 0.29) is 0 Å². The van der Waals surface area contributed by atoms with Gasteiger partial charge in [0, 0.05) is 12.6 Å². The molecule has 0 aromatic heterocycles. The second-order valence-electron chi connectivity index (χ2n) is 5.72. The summed E-state index contributed by atoms with van der Waals surface area (Å²) in [6.45, 7) is 9.52. The summed E-state index contributed by atoms with van der Waals surface area (Å²) in [5.74, 6) is 0. The summed E-state index contributed by atoms with van der Waals surface area (Å²) in [5, 5.41) is 0. The number of rotatable bonds is 2. The molecule has 1 saturated heterocycles. The Morgan fingerprint density at radius 3 is 2.62 bits per heavy atom. The molecule has 0 spiro atoms. The second-order valence-corrected chi connectivity index (χ2v) is 5.72. The summed E-state index contributed by atoms with van der Waals surface area (Å²) in [6, 6.07) is 11.5. The van der Waals surface area contributed by atoms with Crippen LogP contribution >= 0.6 is 0 Å². The molecule has 0 bridgehead atoms. The summed E-state index contributed by atoms with van der Waals surface area (Å²) in [4.78, 5) is 2.62. The molecule has 1 heterocycles. The largest absolute Gasteiger partial charge is 0.296 e. The summed E-state index contributed by atoms with van der Waals surface area (Å²) < 4.78 is 0. The molecule has 1 aliphatic rings. The van der Waals surface area contributed by atoms with Crippen molar-refractivity contribution in [2.45, 2.75) is 46.2 Å². The summed E-state index contributed by atoms with van der Waals surface area (Å²) in [5.41, 5.74) is 1.90. The molecule has 0 N–H and O–H groups in total. The fraction of sp³-hybridized carbons (Fsp3) is 0.600. The molecular formula is C15H23N. The highest BCUT2D eigenvalue weighted by atomic mass is 15.2. The lowest BCUT2D eigenvalue weighted by atomic mass is 9.77. The van der Waals surface area contributed by atoms with Gasteiger partial charge in [-0.1, -0.05) is 44.2 Å². The zero-order chi connectivity index (χ0) is 11.6. The lowest BCUT2D eigenvalue weighted by molar-refractivity contribution is 0.0434. The van der Waals surface area contributed by atoms with Crippen molar-refractivity contribution in [1.29, 1.82) is 0 Å². The second kappa shape index (κ2) is 4.58. The first-order valence-corrected chi connectivity index (χ1v) is 6.37. The van der Waals surface area contributed by atoms with Crippen LogP contribution in [0.5, 0.6) is 0 Å². The van der Waals surface area contributed by atoms with E-state index in [2.05, 4.69) is 56.0 Å². The van der Waals surface area contributed by atoms with E-state index in [1.807, 2.05) is 0 Å². The predicted molar refractivity (Wildman–Crippen MR) is 69.3 cm³/mol. The third kappa shape index (κ3) is 2.46. The van der Waals surface area contributed by atoms with E-state index in [4.69, 9.17) is 0 Å². The molecule has 1 nitrogen and oxygen atoms in total. The molecule has 1 aliphatic heterocycles. The Kier molecular flexibility index (Phi) is 3.34. The van der Waals surface area contributed by atoms with Gasteiger partial charge in [0.1, 0.15) is 0 Å². The van der Waals surface area contributed by atoms with Crippen molar-refractivity contribution in [3.8, 4) is 0 Å². The Morgan fingerprint density at radius 1 is 1.25 bits per heavy atom. The van der Waals surface area contributed by atoms with Crippen LogP contribution in [-0.4, -0.2) is 17.5 Å². The number of benzene rings is 1. The molecule has 1 fully saturated rings. The smallest absolute Gasteiger partial charge is 0.0236 e. The van der Waals surface area contributed by atoms with Gasteiger partial charge in [-0.15, -0.1) is 0 Å². The minimum Gasteiger partial charge on any atom is -0.296 e. The van der Waals surface area contributed by atoms with Crippen molar-refractivity contribution in [2.75, 3.05) is 6.54 Å². The Labute approximate surface area is 99.5 Å². The number of nitrogens with zero attached hydrogens (tertiary/aromatic N) is 1. The van der Waals surface area contributed by atoms with Crippen LogP contribution in [0.2, 0.25) is 0 Å². The van der Waals surface area contributed by atoms with E-state index in [1.165, 1.54) is 24.9 Å². The zero-order valence-electron chi connectivity index (χ0n) is 10.7. The maximum Gasteiger partial charge on any atom is 0.0236 e. The number of hydrogen-bond acceptors (Lipinski definition) is 1. The van der Waals surface area contributed by atoms with Gasteiger partial charge in [-0.25, -0.2) is 0 Å². The average molecular weight is 217 g/mol. The lowest BCUT2D eigenvalue weighted by Crippen LogP contribution is -2.47. The van der Waals surface area contributed by atoms with Crippen LogP contribution in [0.15, 0.2) is 30.3 Å². The minimum absolute atomic E-state index is 0.465. The SMILES string of the molecule is CC1N(Cc2ccccc2)CCCC1(C)C. The van der Waals surface area contributed by atoms with Gasteiger partial charge in [0.15, 0.2) is 0 Å². The maximum atomic E-state index is 2.62. The molecule has 1 atom stereocenters. The molecule has 0 aliphatic carbocycles. The van der Waals surface area contributed by atoms with Gasteiger partial charge in [-0.05, 0) is 37.3 Å². The molecule has 2 rings (SSSR count). The van der Waals surface area contributed by atoms with Gasteiger partial charge >= 0.3 is 0 Å². The van der Waals surface area contributed by atoms with Crippen molar-refractivity contribution in [1.82, 2.24) is 4.90 Å². The van der Waals surface area contributed by atoms with Crippen LogP contribution in [0.3, 0.4) is 0 Å². The van der Waals surface area contributed by atoms with Crippen molar-refractivity contribution in [2.24, 2.45) is 5.41 Å². The van der Waals surface area contributed by atoms with Crippen LogP contribution in [0.25, 0.3) is 0 Å². The lowest BCUT2D eigenvalue weighted by Gasteiger charge is -2.45. The summed E-state index contributed by atoms with van der Waals surface area (Å²) >= 11 is 0. The summed E-state index contributed by atoms with van der Waals surface area (Å²) in [7, 11) is 0. The number of hydrogen-bond donors (Lipinski definition) is 0. The Hall–Kier alpha value is -0.820. The van der Waals surface area contributed by atoms with Gasteiger partial charge in [-0.3, -0.25) is 4.90 Å². The molecule has 0 amide bonds. The molecule has 1 unspecified atom stereocenters. The minimum atomic E-state index is 0.465. The van der Waals surface area contributed by atoms with E-state index >= 15 is 0 Å². The van der Waals surface area contributed by atoms with E-state index in [0.29, 0.717) is 11.5 Å². The standard InChI is InChI=1S/C15H23N/c1-13-15(2,3)10-7-11-16(13)12-14-8-5-4-6-9-14/h4-6,8-9,13H,7,10-12H2,1-3H3. The Balaban J connectivity index is 2.05. The fourth-order valence-corrected chi connectivity index (χ4v) is 2.67. The van der Waals surface area contributed by atoms with Crippen molar-refractivity contribution in [3.05, 3.63) is 35.9 Å². The van der Waals surface area contributed by atoms with Crippen LogP contribution in [0.4, 0.5) is 0 Å². The molecule has 1 aromatic rings. The van der Waals surface area contributed by atoms with Crippen LogP contribution in [-0.2, 0) is 6.54 Å². The highest BCUT2D eigenvalue weighted by Crippen LogP contribution is 2.35. The van der Waals surface area contributed by atoms with Crippen LogP contribution in [0.1, 0.15) is 39.2 Å². The summed E-state index contributed by atoms with van der Waals surface area (Å²) in [6.07, 6.45) is 2.70. The van der Waals surface area contributed by atoms with Crippen molar-refractivity contribution >= 4 is 0 Å². The molecule has 1 aromatic carbocycles. The van der Waals surface area contributed by atoms with E-state index in [1.54, 1.807) is 0 Å².